The van der Waals surface area contributed by atoms with Crippen LogP contribution < -0.4 is 10.2 Å². The fraction of sp³-hybridized carbons (Fsp3) is 0.190. The van der Waals surface area contributed by atoms with Gasteiger partial charge in [-0.15, -0.1) is 0 Å². The van der Waals surface area contributed by atoms with Crippen molar-refractivity contribution in [1.29, 1.82) is 0 Å². The fourth-order valence-corrected chi connectivity index (χ4v) is 3.83. The molecule has 0 radical (unpaired) electrons. The van der Waals surface area contributed by atoms with Crippen LogP contribution in [0.15, 0.2) is 65.6 Å². The second-order valence-electron chi connectivity index (χ2n) is 6.88. The van der Waals surface area contributed by atoms with Gasteiger partial charge in [0.1, 0.15) is 0 Å². The Hall–Kier alpha value is -2.90. The van der Waals surface area contributed by atoms with Gasteiger partial charge in [0.05, 0.1) is 16.3 Å². The van der Waals surface area contributed by atoms with Gasteiger partial charge in [-0.3, -0.25) is 4.79 Å². The Kier molecular flexibility index (Phi) is 5.40. The lowest BCUT2D eigenvalue weighted by Crippen LogP contribution is -2.23. The summed E-state index contributed by atoms with van der Waals surface area (Å²) in [5.41, 5.74) is 1.65. The predicted octanol–water partition coefficient (Wildman–Crippen LogP) is 3.41. The van der Waals surface area contributed by atoms with E-state index in [-0.39, 0.29) is 10.8 Å². The van der Waals surface area contributed by atoms with Gasteiger partial charge >= 0.3 is 0 Å². The van der Waals surface area contributed by atoms with E-state index in [9.17, 15) is 13.2 Å². The zero-order chi connectivity index (χ0) is 20.5. The van der Waals surface area contributed by atoms with E-state index in [1.165, 1.54) is 26.2 Å². The predicted molar refractivity (Wildman–Crippen MR) is 114 cm³/mol. The fourth-order valence-electron chi connectivity index (χ4n) is 2.90. The Morgan fingerprint density at radius 2 is 1.54 bits per heavy atom. The van der Waals surface area contributed by atoms with Crippen LogP contribution in [-0.2, 0) is 10.0 Å². The monoisotopic (exact) mass is 397 g/mol. The third kappa shape index (κ3) is 3.85. The number of rotatable bonds is 5. The molecule has 3 aromatic rings. The summed E-state index contributed by atoms with van der Waals surface area (Å²) < 4.78 is 26.1. The molecule has 6 nitrogen and oxygen atoms in total. The molecule has 3 rings (SSSR count). The number of carbonyl (C=O) groups is 1. The topological polar surface area (TPSA) is 69.7 Å². The molecule has 0 heterocycles. The van der Waals surface area contributed by atoms with Gasteiger partial charge in [-0.05, 0) is 41.1 Å². The van der Waals surface area contributed by atoms with Crippen molar-refractivity contribution in [3.8, 4) is 0 Å². The highest BCUT2D eigenvalue weighted by Gasteiger charge is 2.20. The summed E-state index contributed by atoms with van der Waals surface area (Å²) in [6, 6.07) is 18.0. The van der Waals surface area contributed by atoms with Crippen molar-refractivity contribution in [1.82, 2.24) is 4.31 Å². The molecule has 0 aromatic heterocycles. The zero-order valence-electron chi connectivity index (χ0n) is 16.3. The number of hydrogen-bond donors (Lipinski definition) is 1. The normalized spacial score (nSPS) is 11.6. The van der Waals surface area contributed by atoms with Gasteiger partial charge in [0, 0.05) is 33.8 Å². The highest BCUT2D eigenvalue weighted by Crippen LogP contribution is 2.29. The SMILES string of the molecule is CN(C)c1ccc(S(=O)(=O)N(C)C)cc1NC(=O)c1ccc2ccccc2c1. The first kappa shape index (κ1) is 19.9. The minimum absolute atomic E-state index is 0.122. The molecule has 0 saturated carbocycles. The number of anilines is 2. The van der Waals surface area contributed by atoms with Crippen LogP contribution in [0, 0.1) is 0 Å². The number of nitrogens with one attached hydrogen (secondary N) is 1. The van der Waals surface area contributed by atoms with Gasteiger partial charge in [0.15, 0.2) is 0 Å². The molecule has 3 aromatic carbocycles. The molecular formula is C21H23N3O3S. The van der Waals surface area contributed by atoms with E-state index in [2.05, 4.69) is 5.32 Å². The number of hydrogen-bond acceptors (Lipinski definition) is 4. The maximum Gasteiger partial charge on any atom is 0.255 e. The summed E-state index contributed by atoms with van der Waals surface area (Å²) in [4.78, 5) is 14.8. The Balaban J connectivity index is 2.00. The van der Waals surface area contributed by atoms with E-state index in [0.29, 0.717) is 16.9 Å². The van der Waals surface area contributed by atoms with Crippen molar-refractivity contribution >= 4 is 38.1 Å². The lowest BCUT2D eigenvalue weighted by Gasteiger charge is -2.20. The summed E-state index contributed by atoms with van der Waals surface area (Å²) in [5.74, 6) is -0.298. The number of fused-ring (bicyclic) bond motifs is 1. The maximum atomic E-state index is 12.8. The van der Waals surface area contributed by atoms with Gasteiger partial charge < -0.3 is 10.2 Å². The highest BCUT2D eigenvalue weighted by molar-refractivity contribution is 7.89. The van der Waals surface area contributed by atoms with Crippen LogP contribution in [0.25, 0.3) is 10.8 Å². The van der Waals surface area contributed by atoms with Crippen LogP contribution in [0.5, 0.6) is 0 Å². The minimum atomic E-state index is -3.61. The number of carbonyl (C=O) groups excluding carboxylic acids is 1. The first-order chi connectivity index (χ1) is 13.2. The Labute approximate surface area is 165 Å². The first-order valence-corrected chi connectivity index (χ1v) is 10.2. The van der Waals surface area contributed by atoms with Crippen LogP contribution in [0.1, 0.15) is 10.4 Å². The van der Waals surface area contributed by atoms with Gasteiger partial charge in [-0.2, -0.15) is 0 Å². The second kappa shape index (κ2) is 7.61. The average molecular weight is 398 g/mol. The Morgan fingerprint density at radius 3 is 2.18 bits per heavy atom. The van der Waals surface area contributed by atoms with Crippen LogP contribution in [0.4, 0.5) is 11.4 Å². The molecule has 0 aliphatic rings. The van der Waals surface area contributed by atoms with Crippen molar-refractivity contribution < 1.29 is 13.2 Å². The van der Waals surface area contributed by atoms with E-state index in [1.807, 2.05) is 55.4 Å². The van der Waals surface area contributed by atoms with Crippen molar-refractivity contribution in [2.24, 2.45) is 0 Å². The molecule has 0 spiro atoms. The summed E-state index contributed by atoms with van der Waals surface area (Å²) in [5, 5.41) is 4.87. The van der Waals surface area contributed by atoms with Crippen molar-refractivity contribution in [2.75, 3.05) is 38.4 Å². The van der Waals surface area contributed by atoms with E-state index in [4.69, 9.17) is 0 Å². The molecule has 0 fully saturated rings. The molecule has 28 heavy (non-hydrogen) atoms. The Bertz CT molecular complexity index is 1140. The third-order valence-corrected chi connectivity index (χ3v) is 6.30. The molecule has 0 bridgehead atoms. The maximum absolute atomic E-state index is 12.8. The third-order valence-electron chi connectivity index (χ3n) is 4.49. The molecule has 0 aliphatic carbocycles. The van der Waals surface area contributed by atoms with Crippen LogP contribution in [0.2, 0.25) is 0 Å². The van der Waals surface area contributed by atoms with Gasteiger partial charge in [0.2, 0.25) is 10.0 Å². The highest BCUT2D eigenvalue weighted by atomic mass is 32.2. The number of nitrogens with zero attached hydrogens (tertiary/aromatic N) is 2. The molecule has 0 aliphatic heterocycles. The van der Waals surface area contributed by atoms with Crippen molar-refractivity contribution in [2.45, 2.75) is 4.90 Å². The lowest BCUT2D eigenvalue weighted by molar-refractivity contribution is 0.102. The zero-order valence-corrected chi connectivity index (χ0v) is 17.1. The summed E-state index contributed by atoms with van der Waals surface area (Å²) in [6.45, 7) is 0. The molecular weight excluding hydrogens is 374 g/mol. The Morgan fingerprint density at radius 1 is 0.857 bits per heavy atom. The largest absolute Gasteiger partial charge is 0.376 e. The van der Waals surface area contributed by atoms with Crippen LogP contribution in [0.3, 0.4) is 0 Å². The van der Waals surface area contributed by atoms with Crippen molar-refractivity contribution in [3.63, 3.8) is 0 Å². The molecule has 146 valence electrons. The van der Waals surface area contributed by atoms with Gasteiger partial charge in [-0.25, -0.2) is 12.7 Å². The lowest BCUT2D eigenvalue weighted by atomic mass is 10.1. The standard InChI is InChI=1S/C21H23N3O3S/c1-23(2)20-12-11-18(28(26,27)24(3)4)14-19(20)22-21(25)17-10-9-15-7-5-6-8-16(15)13-17/h5-14H,1-4H3,(H,22,25). The van der Waals surface area contributed by atoms with Gasteiger partial charge in [-0.1, -0.05) is 30.3 Å². The summed E-state index contributed by atoms with van der Waals surface area (Å²) in [7, 11) is 3.01. The first-order valence-electron chi connectivity index (χ1n) is 8.74. The second-order valence-corrected chi connectivity index (χ2v) is 9.03. The van der Waals surface area contributed by atoms with Gasteiger partial charge in [0.25, 0.3) is 5.91 Å². The molecule has 0 saturated heterocycles. The summed E-state index contributed by atoms with van der Waals surface area (Å²) in [6.07, 6.45) is 0. The van der Waals surface area contributed by atoms with E-state index >= 15 is 0 Å². The molecule has 7 heteroatoms. The quantitative estimate of drug-likeness (QED) is 0.716. The van der Waals surface area contributed by atoms with E-state index < -0.39 is 10.0 Å². The van der Waals surface area contributed by atoms with Crippen LogP contribution in [-0.4, -0.2) is 46.8 Å². The number of amides is 1. The number of sulfonamides is 1. The average Bonchev–Trinajstić information content (AvgIpc) is 2.67. The molecule has 0 atom stereocenters. The van der Waals surface area contributed by atoms with Crippen molar-refractivity contribution in [3.05, 3.63) is 66.2 Å². The molecule has 1 N–H and O–H groups in total. The van der Waals surface area contributed by atoms with E-state index in [1.54, 1.807) is 12.1 Å². The van der Waals surface area contributed by atoms with Crippen LogP contribution >= 0.6 is 0 Å². The smallest absolute Gasteiger partial charge is 0.255 e. The number of benzene rings is 3. The van der Waals surface area contributed by atoms with E-state index in [0.717, 1.165) is 15.1 Å². The summed E-state index contributed by atoms with van der Waals surface area (Å²) >= 11 is 0. The minimum Gasteiger partial charge on any atom is -0.376 e. The molecule has 1 amide bonds. The molecule has 0 unspecified atom stereocenters.